The third kappa shape index (κ3) is 3.63. The number of carboxylic acids is 1. The third-order valence-electron chi connectivity index (χ3n) is 1.87. The largest absolute Gasteiger partial charge is 0.573 e. The zero-order valence-electron chi connectivity index (χ0n) is 8.58. The maximum Gasteiger partial charge on any atom is 0.573 e. The molecule has 4 nitrogen and oxygen atoms in total. The fourth-order valence-electron chi connectivity index (χ4n) is 1.23. The molecule has 1 aromatic carbocycles. The summed E-state index contributed by atoms with van der Waals surface area (Å²) < 4.78 is 40.1. The maximum absolute atomic E-state index is 12.1. The Balaban J connectivity index is 3.30. The first-order chi connectivity index (χ1) is 8.24. The van der Waals surface area contributed by atoms with Gasteiger partial charge in [-0.2, -0.15) is 5.26 Å². The van der Waals surface area contributed by atoms with Crippen LogP contribution >= 0.6 is 15.9 Å². The number of halogens is 4. The normalized spacial score (nSPS) is 10.8. The van der Waals surface area contributed by atoms with Gasteiger partial charge in [-0.15, -0.1) is 13.2 Å². The van der Waals surface area contributed by atoms with Crippen molar-refractivity contribution in [2.45, 2.75) is 12.8 Å². The highest BCUT2D eigenvalue weighted by Gasteiger charge is 2.33. The van der Waals surface area contributed by atoms with Crippen molar-refractivity contribution in [2.75, 3.05) is 0 Å². The summed E-state index contributed by atoms with van der Waals surface area (Å²) in [4.78, 5) is 10.6. The highest BCUT2D eigenvalue weighted by molar-refractivity contribution is 9.10. The SMILES string of the molecule is N#Cc1ccc(OC(F)(F)F)c(CC(=O)O)c1Br. The highest BCUT2D eigenvalue weighted by Crippen LogP contribution is 2.33. The Morgan fingerprint density at radius 2 is 2.11 bits per heavy atom. The minimum absolute atomic E-state index is 0.0193. The summed E-state index contributed by atoms with van der Waals surface area (Å²) in [6.07, 6.45) is -5.62. The van der Waals surface area contributed by atoms with Crippen LogP contribution in [0, 0.1) is 11.3 Å². The van der Waals surface area contributed by atoms with Crippen molar-refractivity contribution in [3.05, 3.63) is 27.7 Å². The Morgan fingerprint density at radius 3 is 2.56 bits per heavy atom. The number of rotatable bonds is 3. The van der Waals surface area contributed by atoms with E-state index in [1.54, 1.807) is 6.07 Å². The molecule has 0 amide bonds. The lowest BCUT2D eigenvalue weighted by atomic mass is 10.1. The number of carbonyl (C=O) groups is 1. The third-order valence-corrected chi connectivity index (χ3v) is 2.78. The van der Waals surface area contributed by atoms with Gasteiger partial charge in [0.1, 0.15) is 11.8 Å². The monoisotopic (exact) mass is 323 g/mol. The first-order valence-electron chi connectivity index (χ1n) is 4.43. The molecule has 0 fully saturated rings. The number of carboxylic acid groups (broad SMARTS) is 1. The molecule has 8 heteroatoms. The number of ether oxygens (including phenoxy) is 1. The van der Waals surface area contributed by atoms with E-state index in [1.807, 2.05) is 0 Å². The van der Waals surface area contributed by atoms with Crippen LogP contribution in [0.3, 0.4) is 0 Å². The van der Waals surface area contributed by atoms with Crippen LogP contribution in [-0.2, 0) is 11.2 Å². The molecule has 0 radical (unpaired) electrons. The molecule has 1 rings (SSSR count). The standard InChI is InChI=1S/C10H5BrF3NO3/c11-9-5(4-15)1-2-7(18-10(12,13)14)6(9)3-8(16)17/h1-2H,3H2,(H,16,17). The van der Waals surface area contributed by atoms with Crippen molar-refractivity contribution in [2.24, 2.45) is 0 Å². The molecule has 0 aliphatic heterocycles. The van der Waals surface area contributed by atoms with Crippen LogP contribution in [0.1, 0.15) is 11.1 Å². The van der Waals surface area contributed by atoms with E-state index in [0.29, 0.717) is 0 Å². The summed E-state index contributed by atoms with van der Waals surface area (Å²) in [6.45, 7) is 0. The molecule has 96 valence electrons. The molecule has 0 atom stereocenters. The highest BCUT2D eigenvalue weighted by atomic mass is 79.9. The fraction of sp³-hybridized carbons (Fsp3) is 0.200. The van der Waals surface area contributed by atoms with Crippen molar-refractivity contribution in [3.63, 3.8) is 0 Å². The summed E-state index contributed by atoms with van der Waals surface area (Å²) >= 11 is 2.90. The number of aliphatic carboxylic acids is 1. The molecular formula is C10H5BrF3NO3. The lowest BCUT2D eigenvalue weighted by Gasteiger charge is -2.14. The average Bonchev–Trinajstić information content (AvgIpc) is 2.21. The van der Waals surface area contributed by atoms with Crippen LogP contribution in [0.5, 0.6) is 5.75 Å². The average molecular weight is 324 g/mol. The number of hydrogen-bond donors (Lipinski definition) is 1. The Kier molecular flexibility index (Phi) is 4.19. The number of benzene rings is 1. The summed E-state index contributed by atoms with van der Waals surface area (Å²) in [7, 11) is 0. The van der Waals surface area contributed by atoms with Crippen molar-refractivity contribution >= 4 is 21.9 Å². The van der Waals surface area contributed by atoms with Crippen molar-refractivity contribution < 1.29 is 27.8 Å². The van der Waals surface area contributed by atoms with Crippen LogP contribution < -0.4 is 4.74 Å². The molecule has 0 aliphatic rings. The number of nitrogens with zero attached hydrogens (tertiary/aromatic N) is 1. The van der Waals surface area contributed by atoms with Gasteiger partial charge in [-0.3, -0.25) is 4.79 Å². The van der Waals surface area contributed by atoms with Crippen LogP contribution in [0.2, 0.25) is 0 Å². The number of nitriles is 1. The second-order valence-electron chi connectivity index (χ2n) is 3.13. The van der Waals surface area contributed by atoms with E-state index in [0.717, 1.165) is 12.1 Å². The summed E-state index contributed by atoms with van der Waals surface area (Å²) in [5, 5.41) is 17.3. The van der Waals surface area contributed by atoms with Crippen LogP contribution in [0.4, 0.5) is 13.2 Å². The smallest absolute Gasteiger partial charge is 0.481 e. The zero-order chi connectivity index (χ0) is 13.9. The van der Waals surface area contributed by atoms with E-state index in [9.17, 15) is 18.0 Å². The van der Waals surface area contributed by atoms with E-state index < -0.39 is 24.5 Å². The minimum Gasteiger partial charge on any atom is -0.481 e. The molecule has 0 aliphatic carbocycles. The van der Waals surface area contributed by atoms with Crippen molar-refractivity contribution in [1.82, 2.24) is 0 Å². The molecule has 18 heavy (non-hydrogen) atoms. The van der Waals surface area contributed by atoms with Gasteiger partial charge in [0.25, 0.3) is 0 Å². The molecule has 0 heterocycles. The van der Waals surface area contributed by atoms with Gasteiger partial charge in [-0.25, -0.2) is 0 Å². The van der Waals surface area contributed by atoms with E-state index in [2.05, 4.69) is 20.7 Å². The second-order valence-corrected chi connectivity index (χ2v) is 3.93. The van der Waals surface area contributed by atoms with E-state index >= 15 is 0 Å². The first kappa shape index (κ1) is 14.3. The lowest BCUT2D eigenvalue weighted by molar-refractivity contribution is -0.275. The molecule has 0 spiro atoms. The quantitative estimate of drug-likeness (QED) is 0.928. The van der Waals surface area contributed by atoms with Gasteiger partial charge in [0.15, 0.2) is 0 Å². The zero-order valence-corrected chi connectivity index (χ0v) is 10.2. The molecule has 0 aromatic heterocycles. The predicted molar refractivity (Wildman–Crippen MR) is 56.9 cm³/mol. The Bertz CT molecular complexity index is 522. The van der Waals surface area contributed by atoms with Gasteiger partial charge in [0.2, 0.25) is 0 Å². The number of alkyl halides is 3. The van der Waals surface area contributed by atoms with Crippen LogP contribution in [-0.4, -0.2) is 17.4 Å². The Morgan fingerprint density at radius 1 is 1.50 bits per heavy atom. The lowest BCUT2D eigenvalue weighted by Crippen LogP contribution is -2.19. The van der Waals surface area contributed by atoms with Crippen molar-refractivity contribution in [3.8, 4) is 11.8 Å². The fourth-order valence-corrected chi connectivity index (χ4v) is 1.78. The van der Waals surface area contributed by atoms with Gasteiger partial charge in [0, 0.05) is 10.0 Å². The Labute approximate surface area is 108 Å². The Hall–Kier alpha value is -1.75. The maximum atomic E-state index is 12.1. The summed E-state index contributed by atoms with van der Waals surface area (Å²) in [5.74, 6) is -1.98. The minimum atomic E-state index is -4.93. The van der Waals surface area contributed by atoms with Crippen molar-refractivity contribution in [1.29, 1.82) is 5.26 Å². The molecule has 0 saturated carbocycles. The second kappa shape index (κ2) is 5.27. The number of hydrogen-bond acceptors (Lipinski definition) is 3. The summed E-state index contributed by atoms with van der Waals surface area (Å²) in [5.41, 5.74) is -0.209. The van der Waals surface area contributed by atoms with E-state index in [-0.39, 0.29) is 15.6 Å². The van der Waals surface area contributed by atoms with Gasteiger partial charge in [-0.05, 0) is 28.1 Å². The van der Waals surface area contributed by atoms with Crippen LogP contribution in [0.25, 0.3) is 0 Å². The van der Waals surface area contributed by atoms with Crippen LogP contribution in [0.15, 0.2) is 16.6 Å². The molecule has 1 aromatic rings. The molecule has 0 bridgehead atoms. The van der Waals surface area contributed by atoms with Gasteiger partial charge < -0.3 is 9.84 Å². The van der Waals surface area contributed by atoms with Gasteiger partial charge in [0.05, 0.1) is 12.0 Å². The molecule has 0 unspecified atom stereocenters. The summed E-state index contributed by atoms with van der Waals surface area (Å²) in [6, 6.07) is 3.74. The van der Waals surface area contributed by atoms with E-state index in [1.165, 1.54) is 0 Å². The molecule has 1 N–H and O–H groups in total. The van der Waals surface area contributed by atoms with Gasteiger partial charge in [-0.1, -0.05) is 0 Å². The van der Waals surface area contributed by atoms with Gasteiger partial charge >= 0.3 is 12.3 Å². The predicted octanol–water partition coefficient (Wildman–Crippen LogP) is 2.85. The topological polar surface area (TPSA) is 70.3 Å². The van der Waals surface area contributed by atoms with E-state index in [4.69, 9.17) is 10.4 Å². The molecule has 0 saturated heterocycles. The first-order valence-corrected chi connectivity index (χ1v) is 5.23. The molecular weight excluding hydrogens is 319 g/mol.